The standard InChI is InChI=1S/C13H19NO4/c1-3-17-13(16)14-10-5-4-6-11(14)12(8-7-10)18-9(2)15/h4-5,10-12H,3,6-8H2,1-2H3/t10-,11+,12+/m1/s1. The summed E-state index contributed by atoms with van der Waals surface area (Å²) >= 11 is 0. The molecule has 0 aromatic carbocycles. The Bertz CT molecular complexity index is 366. The highest BCUT2D eigenvalue weighted by molar-refractivity contribution is 5.70. The van der Waals surface area contributed by atoms with Crippen LogP contribution < -0.4 is 0 Å². The average Bonchev–Trinajstić information content (AvgIpc) is 2.32. The summed E-state index contributed by atoms with van der Waals surface area (Å²) in [6.07, 6.45) is 5.89. The number of fused-ring (bicyclic) bond motifs is 2. The third-order valence-corrected chi connectivity index (χ3v) is 3.42. The van der Waals surface area contributed by atoms with Crippen molar-refractivity contribution >= 4 is 12.1 Å². The van der Waals surface area contributed by atoms with Crippen LogP contribution in [-0.2, 0) is 14.3 Å². The largest absolute Gasteiger partial charge is 0.460 e. The molecule has 0 aromatic heterocycles. The van der Waals surface area contributed by atoms with Gasteiger partial charge in [0.2, 0.25) is 0 Å². The van der Waals surface area contributed by atoms with Gasteiger partial charge < -0.3 is 9.47 Å². The van der Waals surface area contributed by atoms with Crippen LogP contribution in [0.15, 0.2) is 12.2 Å². The molecule has 1 amide bonds. The van der Waals surface area contributed by atoms with Crippen molar-refractivity contribution in [3.05, 3.63) is 12.2 Å². The minimum atomic E-state index is -0.311. The molecular formula is C13H19NO4. The van der Waals surface area contributed by atoms with E-state index in [4.69, 9.17) is 9.47 Å². The average molecular weight is 253 g/mol. The lowest BCUT2D eigenvalue weighted by atomic mass is 9.87. The maximum absolute atomic E-state index is 12.0. The van der Waals surface area contributed by atoms with E-state index in [0.29, 0.717) is 13.0 Å². The van der Waals surface area contributed by atoms with Crippen molar-refractivity contribution in [3.63, 3.8) is 0 Å². The molecule has 0 N–H and O–H groups in total. The fourth-order valence-electron chi connectivity index (χ4n) is 2.74. The van der Waals surface area contributed by atoms with Crippen LogP contribution in [0, 0.1) is 0 Å². The van der Waals surface area contributed by atoms with E-state index in [1.54, 1.807) is 11.8 Å². The van der Waals surface area contributed by atoms with Crippen molar-refractivity contribution in [2.75, 3.05) is 6.61 Å². The third kappa shape index (κ3) is 2.49. The first-order valence-electron chi connectivity index (χ1n) is 6.42. The summed E-state index contributed by atoms with van der Waals surface area (Å²) in [6.45, 7) is 3.55. The zero-order valence-electron chi connectivity index (χ0n) is 10.8. The Labute approximate surface area is 107 Å². The highest BCUT2D eigenvalue weighted by Gasteiger charge is 2.42. The molecule has 2 heterocycles. The number of carbonyl (C=O) groups excluding carboxylic acids is 2. The molecule has 0 spiro atoms. The van der Waals surface area contributed by atoms with Gasteiger partial charge in [-0.05, 0) is 26.2 Å². The van der Waals surface area contributed by atoms with E-state index in [9.17, 15) is 9.59 Å². The predicted molar refractivity (Wildman–Crippen MR) is 65.0 cm³/mol. The van der Waals surface area contributed by atoms with E-state index < -0.39 is 0 Å². The van der Waals surface area contributed by atoms with Crippen LogP contribution in [0.25, 0.3) is 0 Å². The van der Waals surface area contributed by atoms with Crippen molar-refractivity contribution < 1.29 is 19.1 Å². The normalized spacial score (nSPS) is 29.9. The number of carbonyl (C=O) groups is 2. The van der Waals surface area contributed by atoms with Gasteiger partial charge in [0.25, 0.3) is 0 Å². The third-order valence-electron chi connectivity index (χ3n) is 3.42. The van der Waals surface area contributed by atoms with Gasteiger partial charge in [0.05, 0.1) is 18.7 Å². The summed E-state index contributed by atoms with van der Waals surface area (Å²) in [4.78, 5) is 24.8. The minimum Gasteiger partial charge on any atom is -0.460 e. The topological polar surface area (TPSA) is 55.8 Å². The van der Waals surface area contributed by atoms with Crippen LogP contribution in [0.5, 0.6) is 0 Å². The summed E-state index contributed by atoms with van der Waals surface area (Å²) < 4.78 is 10.4. The molecule has 5 nitrogen and oxygen atoms in total. The molecule has 0 radical (unpaired) electrons. The Morgan fingerprint density at radius 3 is 2.83 bits per heavy atom. The summed E-state index contributed by atoms with van der Waals surface area (Å²) in [7, 11) is 0. The number of hydrogen-bond donors (Lipinski definition) is 0. The monoisotopic (exact) mass is 253 g/mol. The lowest BCUT2D eigenvalue weighted by Gasteiger charge is -2.45. The van der Waals surface area contributed by atoms with Crippen molar-refractivity contribution in [1.29, 1.82) is 0 Å². The van der Waals surface area contributed by atoms with Crippen LogP contribution >= 0.6 is 0 Å². The van der Waals surface area contributed by atoms with E-state index in [2.05, 4.69) is 6.08 Å². The summed E-state index contributed by atoms with van der Waals surface area (Å²) in [5.74, 6) is -0.295. The number of rotatable bonds is 2. The summed E-state index contributed by atoms with van der Waals surface area (Å²) in [6, 6.07) is -0.00805. The predicted octanol–water partition coefficient (Wildman–Crippen LogP) is 1.87. The van der Waals surface area contributed by atoms with Crippen molar-refractivity contribution in [2.24, 2.45) is 0 Å². The first-order chi connectivity index (χ1) is 8.63. The summed E-state index contributed by atoms with van der Waals surface area (Å²) in [5, 5.41) is 0. The van der Waals surface area contributed by atoms with Gasteiger partial charge in [-0.2, -0.15) is 0 Å². The van der Waals surface area contributed by atoms with Gasteiger partial charge >= 0.3 is 12.1 Å². The highest BCUT2D eigenvalue weighted by atomic mass is 16.6. The van der Waals surface area contributed by atoms with Gasteiger partial charge in [0, 0.05) is 6.92 Å². The van der Waals surface area contributed by atoms with E-state index in [1.165, 1.54) is 6.92 Å². The zero-order valence-corrected chi connectivity index (χ0v) is 10.8. The number of piperidine rings is 1. The molecular weight excluding hydrogens is 234 g/mol. The molecule has 100 valence electrons. The number of ether oxygens (including phenoxy) is 2. The molecule has 0 saturated carbocycles. The van der Waals surface area contributed by atoms with E-state index in [1.807, 2.05) is 6.08 Å². The highest BCUT2D eigenvalue weighted by Crippen LogP contribution is 2.32. The van der Waals surface area contributed by atoms with Crippen molar-refractivity contribution in [1.82, 2.24) is 4.90 Å². The Morgan fingerprint density at radius 2 is 2.17 bits per heavy atom. The van der Waals surface area contributed by atoms with Gasteiger partial charge in [-0.25, -0.2) is 4.79 Å². The second-order valence-electron chi connectivity index (χ2n) is 4.63. The van der Waals surface area contributed by atoms with Crippen LogP contribution in [0.4, 0.5) is 4.79 Å². The van der Waals surface area contributed by atoms with E-state index in [-0.39, 0.29) is 30.3 Å². The lowest BCUT2D eigenvalue weighted by Crippen LogP contribution is -2.57. The van der Waals surface area contributed by atoms with Crippen LogP contribution in [0.1, 0.15) is 33.1 Å². The van der Waals surface area contributed by atoms with Crippen LogP contribution in [-0.4, -0.2) is 41.8 Å². The first-order valence-corrected chi connectivity index (χ1v) is 6.42. The molecule has 3 atom stereocenters. The van der Waals surface area contributed by atoms with Crippen molar-refractivity contribution in [2.45, 2.75) is 51.3 Å². The molecule has 2 bridgehead atoms. The van der Waals surface area contributed by atoms with Crippen LogP contribution in [0.3, 0.4) is 0 Å². The number of hydrogen-bond acceptors (Lipinski definition) is 4. The molecule has 5 heteroatoms. The second-order valence-corrected chi connectivity index (χ2v) is 4.63. The molecule has 1 saturated heterocycles. The number of esters is 1. The van der Waals surface area contributed by atoms with Gasteiger partial charge in [0.15, 0.2) is 0 Å². The Hall–Kier alpha value is -1.52. The SMILES string of the molecule is CCOC(=O)N1[C@@H]2C=CC[C@H]1[C@@H](OC(C)=O)CC2. The van der Waals surface area contributed by atoms with Crippen LogP contribution in [0.2, 0.25) is 0 Å². The van der Waals surface area contributed by atoms with Gasteiger partial charge in [-0.15, -0.1) is 0 Å². The molecule has 1 fully saturated rings. The zero-order chi connectivity index (χ0) is 13.1. The van der Waals surface area contributed by atoms with E-state index >= 15 is 0 Å². The first kappa shape index (κ1) is 12.9. The van der Waals surface area contributed by atoms with E-state index in [0.717, 1.165) is 12.8 Å². The van der Waals surface area contributed by atoms with Gasteiger partial charge in [-0.1, -0.05) is 12.2 Å². The van der Waals surface area contributed by atoms with Gasteiger partial charge in [-0.3, -0.25) is 9.69 Å². The van der Waals surface area contributed by atoms with Gasteiger partial charge in [0.1, 0.15) is 6.10 Å². The maximum atomic E-state index is 12.0. The summed E-state index contributed by atoms with van der Waals surface area (Å²) in [5.41, 5.74) is 0. The number of nitrogens with zero attached hydrogens (tertiary/aromatic N) is 1. The quantitative estimate of drug-likeness (QED) is 0.557. The second kappa shape index (κ2) is 5.42. The molecule has 0 aromatic rings. The fourth-order valence-corrected chi connectivity index (χ4v) is 2.74. The number of amides is 1. The Kier molecular flexibility index (Phi) is 3.89. The molecule has 0 aliphatic carbocycles. The maximum Gasteiger partial charge on any atom is 0.410 e. The van der Waals surface area contributed by atoms with Crippen molar-refractivity contribution in [3.8, 4) is 0 Å². The molecule has 2 rings (SSSR count). The Balaban J connectivity index is 2.15. The fraction of sp³-hybridized carbons (Fsp3) is 0.692. The minimum absolute atomic E-state index is 0.0783. The molecule has 2 aliphatic rings. The molecule has 0 unspecified atom stereocenters. The lowest BCUT2D eigenvalue weighted by molar-refractivity contribution is -0.153. The smallest absolute Gasteiger partial charge is 0.410 e. The molecule has 2 aliphatic heterocycles. The molecule has 18 heavy (non-hydrogen) atoms. The Morgan fingerprint density at radius 1 is 1.39 bits per heavy atom.